The minimum absolute atomic E-state index is 0.115. The lowest BCUT2D eigenvalue weighted by atomic mass is 9.69. The molecule has 3 rings (SSSR count). The van der Waals surface area contributed by atoms with E-state index in [1.54, 1.807) is 20.8 Å². The Hall–Kier alpha value is -2.04. The van der Waals surface area contributed by atoms with Gasteiger partial charge in [-0.25, -0.2) is 18.0 Å². The second kappa shape index (κ2) is 8.96. The molecule has 3 fully saturated rings. The summed E-state index contributed by atoms with van der Waals surface area (Å²) in [6.07, 6.45) is -1.96. The predicted octanol–water partition coefficient (Wildman–Crippen LogP) is 2.48. The highest BCUT2D eigenvalue weighted by Gasteiger charge is 2.63. The Bertz CT molecular complexity index is 768. The molecule has 0 aliphatic heterocycles. The highest BCUT2D eigenvalue weighted by Crippen LogP contribution is 2.48. The van der Waals surface area contributed by atoms with Gasteiger partial charge in [-0.05, 0) is 46.5 Å². The van der Waals surface area contributed by atoms with Gasteiger partial charge in [-0.15, -0.1) is 0 Å². The highest BCUT2D eigenvalue weighted by atomic mass is 19.3. The molecule has 0 aromatic carbocycles. The lowest BCUT2D eigenvalue weighted by molar-refractivity contribution is -0.179. The number of alkyl carbamates (subject to hydrolysis) is 1. The molecule has 3 aliphatic carbocycles. The minimum atomic E-state index is -3.17. The van der Waals surface area contributed by atoms with Crippen LogP contribution in [-0.4, -0.2) is 63.9 Å². The fourth-order valence-electron chi connectivity index (χ4n) is 4.55. The van der Waals surface area contributed by atoms with Gasteiger partial charge in [0, 0.05) is 25.3 Å². The van der Waals surface area contributed by atoms with Crippen LogP contribution in [0, 0.1) is 0 Å². The van der Waals surface area contributed by atoms with Gasteiger partial charge in [-0.1, -0.05) is 12.8 Å². The maximum absolute atomic E-state index is 15.2. The van der Waals surface area contributed by atoms with E-state index >= 15 is 4.39 Å². The topological polar surface area (TPSA) is 117 Å². The summed E-state index contributed by atoms with van der Waals surface area (Å²) in [5.41, 5.74) is -4.48. The smallest absolute Gasteiger partial charge is 0.408 e. The van der Waals surface area contributed by atoms with E-state index < -0.39 is 65.6 Å². The number of nitrogens with one attached hydrogen (secondary N) is 3. The number of carbonyl (C=O) groups excluding carboxylic acids is 3. The molecule has 0 spiro atoms. The van der Waals surface area contributed by atoms with E-state index in [0.717, 1.165) is 12.8 Å². The first-order chi connectivity index (χ1) is 15.1. The molecule has 33 heavy (non-hydrogen) atoms. The number of halogens is 3. The fraction of sp³-hybridized carbons (Fsp3) is 0.864. The second-order valence-electron chi connectivity index (χ2n) is 10.8. The standard InChI is InChI=1S/C22H34F3N3O5/c1-19(2,3)33-18(32)27-14(10-20(23)8-4-5-9-20)16(30)28-21(11-22(24,25)12-21)15(29)17(31)26-13-6-7-13/h13-15,29H,4-12H2,1-3H3,(H,26,31)(H,27,32)(H,28,30)/t14-,15?/m0/s1. The number of carbonyl (C=O) groups is 3. The zero-order valence-corrected chi connectivity index (χ0v) is 19.3. The third kappa shape index (κ3) is 6.74. The molecular formula is C22H34F3N3O5. The summed E-state index contributed by atoms with van der Waals surface area (Å²) in [7, 11) is 0. The molecule has 0 radical (unpaired) electrons. The van der Waals surface area contributed by atoms with Crippen LogP contribution in [0.15, 0.2) is 0 Å². The zero-order valence-electron chi connectivity index (χ0n) is 19.3. The molecule has 3 saturated carbocycles. The first-order valence-electron chi connectivity index (χ1n) is 11.5. The summed E-state index contributed by atoms with van der Waals surface area (Å²) in [6.45, 7) is 4.86. The van der Waals surface area contributed by atoms with Crippen LogP contribution in [0.2, 0.25) is 0 Å². The normalized spacial score (nSPS) is 24.7. The molecule has 0 bridgehead atoms. The number of aliphatic hydroxyl groups excluding tert-OH is 1. The van der Waals surface area contributed by atoms with Crippen LogP contribution >= 0.6 is 0 Å². The quantitative estimate of drug-likeness (QED) is 0.429. The SMILES string of the molecule is CC(C)(C)OC(=O)N[C@@H](CC1(F)CCCC1)C(=O)NC1(C(O)C(=O)NC2CC2)CC(F)(F)C1. The molecule has 0 aromatic rings. The van der Waals surface area contributed by atoms with E-state index in [1.807, 2.05) is 0 Å². The molecular weight excluding hydrogens is 443 g/mol. The summed E-state index contributed by atoms with van der Waals surface area (Å²) >= 11 is 0. The van der Waals surface area contributed by atoms with Crippen molar-refractivity contribution in [2.45, 2.75) is 119 Å². The summed E-state index contributed by atoms with van der Waals surface area (Å²) in [5.74, 6) is -4.96. The van der Waals surface area contributed by atoms with Crippen LogP contribution in [0.5, 0.6) is 0 Å². The van der Waals surface area contributed by atoms with Crippen molar-refractivity contribution in [2.75, 3.05) is 0 Å². The van der Waals surface area contributed by atoms with Gasteiger partial charge >= 0.3 is 6.09 Å². The average molecular weight is 478 g/mol. The van der Waals surface area contributed by atoms with Crippen molar-refractivity contribution in [3.63, 3.8) is 0 Å². The molecule has 0 heterocycles. The van der Waals surface area contributed by atoms with Crippen molar-refractivity contribution in [3.05, 3.63) is 0 Å². The summed E-state index contributed by atoms with van der Waals surface area (Å²) in [6, 6.07) is -1.54. The van der Waals surface area contributed by atoms with Crippen LogP contribution < -0.4 is 16.0 Å². The van der Waals surface area contributed by atoms with Crippen molar-refractivity contribution >= 4 is 17.9 Å². The third-order valence-corrected chi connectivity index (χ3v) is 6.29. The van der Waals surface area contributed by atoms with Crippen LogP contribution in [0.1, 0.15) is 78.6 Å². The largest absolute Gasteiger partial charge is 0.444 e. The van der Waals surface area contributed by atoms with Gasteiger partial charge in [0.05, 0.1) is 5.54 Å². The van der Waals surface area contributed by atoms with Crippen LogP contribution in [-0.2, 0) is 14.3 Å². The van der Waals surface area contributed by atoms with Crippen LogP contribution in [0.25, 0.3) is 0 Å². The monoisotopic (exact) mass is 477 g/mol. The Kier molecular flexibility index (Phi) is 6.94. The minimum Gasteiger partial charge on any atom is -0.444 e. The van der Waals surface area contributed by atoms with Crippen molar-refractivity contribution < 1.29 is 37.4 Å². The van der Waals surface area contributed by atoms with Crippen molar-refractivity contribution in [1.82, 2.24) is 16.0 Å². The van der Waals surface area contributed by atoms with Gasteiger partial charge in [0.15, 0.2) is 6.10 Å². The van der Waals surface area contributed by atoms with Gasteiger partial charge in [-0.3, -0.25) is 9.59 Å². The molecule has 0 aromatic heterocycles. The number of hydrogen-bond acceptors (Lipinski definition) is 5. The molecule has 188 valence electrons. The predicted molar refractivity (Wildman–Crippen MR) is 112 cm³/mol. The third-order valence-electron chi connectivity index (χ3n) is 6.29. The number of alkyl halides is 3. The number of ether oxygens (including phenoxy) is 1. The van der Waals surface area contributed by atoms with Gasteiger partial charge in [0.1, 0.15) is 17.3 Å². The lowest BCUT2D eigenvalue weighted by Gasteiger charge is -2.50. The molecule has 2 atom stereocenters. The van der Waals surface area contributed by atoms with Crippen molar-refractivity contribution in [3.8, 4) is 0 Å². The molecule has 0 saturated heterocycles. The van der Waals surface area contributed by atoms with Gasteiger partial charge in [-0.2, -0.15) is 0 Å². The average Bonchev–Trinajstić information content (AvgIpc) is 3.35. The summed E-state index contributed by atoms with van der Waals surface area (Å²) < 4.78 is 48.0. The Morgan fingerprint density at radius 2 is 1.64 bits per heavy atom. The number of amides is 3. The van der Waals surface area contributed by atoms with Crippen molar-refractivity contribution in [1.29, 1.82) is 0 Å². The van der Waals surface area contributed by atoms with E-state index in [9.17, 15) is 28.3 Å². The fourth-order valence-corrected chi connectivity index (χ4v) is 4.55. The van der Waals surface area contributed by atoms with Gasteiger partial charge in [0.25, 0.3) is 11.8 Å². The molecule has 3 aliphatic rings. The first kappa shape index (κ1) is 25.6. The van der Waals surface area contributed by atoms with Crippen LogP contribution in [0.3, 0.4) is 0 Å². The van der Waals surface area contributed by atoms with Crippen LogP contribution in [0.4, 0.5) is 18.0 Å². The van der Waals surface area contributed by atoms with E-state index in [1.165, 1.54) is 0 Å². The maximum atomic E-state index is 15.2. The molecule has 1 unspecified atom stereocenters. The highest BCUT2D eigenvalue weighted by molar-refractivity contribution is 5.89. The molecule has 8 nitrogen and oxygen atoms in total. The van der Waals surface area contributed by atoms with E-state index in [-0.39, 0.29) is 25.3 Å². The number of rotatable bonds is 8. The Morgan fingerprint density at radius 3 is 2.12 bits per heavy atom. The first-order valence-corrected chi connectivity index (χ1v) is 11.5. The van der Waals surface area contributed by atoms with E-state index in [4.69, 9.17) is 4.74 Å². The molecule has 3 amide bonds. The molecule has 4 N–H and O–H groups in total. The van der Waals surface area contributed by atoms with E-state index in [2.05, 4.69) is 16.0 Å². The second-order valence-corrected chi connectivity index (χ2v) is 10.8. The zero-order chi connectivity index (χ0) is 24.7. The van der Waals surface area contributed by atoms with E-state index in [0.29, 0.717) is 12.8 Å². The summed E-state index contributed by atoms with van der Waals surface area (Å²) in [4.78, 5) is 37.8. The Morgan fingerprint density at radius 1 is 1.06 bits per heavy atom. The lowest BCUT2D eigenvalue weighted by Crippen LogP contribution is -2.72. The number of hydrogen-bond donors (Lipinski definition) is 4. The maximum Gasteiger partial charge on any atom is 0.408 e. The Labute approximate surface area is 191 Å². The van der Waals surface area contributed by atoms with Gasteiger partial charge < -0.3 is 25.8 Å². The Balaban J connectivity index is 1.75. The van der Waals surface area contributed by atoms with Crippen molar-refractivity contribution in [2.24, 2.45) is 0 Å². The van der Waals surface area contributed by atoms with Gasteiger partial charge in [0.2, 0.25) is 5.91 Å². The molecule has 11 heteroatoms. The number of aliphatic hydroxyl groups is 1. The summed E-state index contributed by atoms with van der Waals surface area (Å²) in [5, 5.41) is 17.8.